The number of carbonyl (C=O) groups is 1. The van der Waals surface area contributed by atoms with Crippen LogP contribution in [0.5, 0.6) is 0 Å². The first-order chi connectivity index (χ1) is 14.5. The van der Waals surface area contributed by atoms with Crippen LogP contribution in [0.4, 0.5) is 0 Å². The number of hydrogen-bond acceptors (Lipinski definition) is 7. The van der Waals surface area contributed by atoms with Crippen molar-refractivity contribution in [2.24, 2.45) is 5.73 Å². The van der Waals surface area contributed by atoms with Crippen LogP contribution in [0.25, 0.3) is 11.0 Å². The van der Waals surface area contributed by atoms with Crippen molar-refractivity contribution in [1.29, 1.82) is 0 Å². The van der Waals surface area contributed by atoms with Crippen molar-refractivity contribution in [3.63, 3.8) is 0 Å². The van der Waals surface area contributed by atoms with Crippen LogP contribution in [-0.2, 0) is 25.1 Å². The van der Waals surface area contributed by atoms with Gasteiger partial charge in [-0.3, -0.25) is 4.79 Å². The van der Waals surface area contributed by atoms with Gasteiger partial charge in [0.15, 0.2) is 14.0 Å². The second-order valence-electron chi connectivity index (χ2n) is 9.38. The molecule has 2 aromatic rings. The molecular weight excluding hydrogens is 410 g/mol. The number of carbonyl (C=O) groups excluding carboxylic acids is 1. The second-order valence-corrected chi connectivity index (χ2v) is 14.1. The molecule has 1 unspecified atom stereocenters. The normalized spacial score (nSPS) is 14.4. The van der Waals surface area contributed by atoms with Crippen molar-refractivity contribution >= 4 is 25.3 Å². The van der Waals surface area contributed by atoms with Gasteiger partial charge in [-0.05, 0) is 61.7 Å². The van der Waals surface area contributed by atoms with Gasteiger partial charge < -0.3 is 19.6 Å². The summed E-state index contributed by atoms with van der Waals surface area (Å²) in [7, 11) is -0.631. The maximum absolute atomic E-state index is 11.5. The smallest absolute Gasteiger partial charge is 0.322 e. The molecule has 0 fully saturated rings. The van der Waals surface area contributed by atoms with E-state index in [4.69, 9.17) is 14.9 Å². The largest absolute Gasteiger partial charge is 0.468 e. The Balaban J connectivity index is 1.99. The van der Waals surface area contributed by atoms with E-state index in [1.54, 1.807) is 6.20 Å². The van der Waals surface area contributed by atoms with E-state index in [2.05, 4.69) is 54.6 Å². The molecule has 0 radical (unpaired) electrons. The molecule has 0 aliphatic rings. The van der Waals surface area contributed by atoms with Crippen LogP contribution < -0.4 is 5.73 Å². The number of esters is 1. The Kier molecular flexibility index (Phi) is 9.11. The van der Waals surface area contributed by atoms with Crippen molar-refractivity contribution in [1.82, 2.24) is 9.97 Å². The zero-order chi connectivity index (χ0) is 23.1. The number of pyridine rings is 2. The lowest BCUT2D eigenvalue weighted by Crippen LogP contribution is -2.45. The fourth-order valence-electron chi connectivity index (χ4n) is 2.90. The van der Waals surface area contributed by atoms with Gasteiger partial charge in [-0.2, -0.15) is 0 Å². The lowest BCUT2D eigenvalue weighted by Gasteiger charge is -2.39. The fraction of sp³-hybridized carbons (Fsp3) is 0.609. The van der Waals surface area contributed by atoms with Crippen LogP contribution in [0.15, 0.2) is 30.5 Å². The molecule has 0 amide bonds. The van der Waals surface area contributed by atoms with E-state index in [0.29, 0.717) is 19.6 Å². The van der Waals surface area contributed by atoms with Crippen LogP contribution in [0.3, 0.4) is 0 Å². The van der Waals surface area contributed by atoms with Gasteiger partial charge in [0, 0.05) is 23.9 Å². The highest BCUT2D eigenvalue weighted by Gasteiger charge is 2.39. The minimum Gasteiger partial charge on any atom is -0.468 e. The van der Waals surface area contributed by atoms with Gasteiger partial charge in [0.25, 0.3) is 0 Å². The fourth-order valence-corrected chi connectivity index (χ4v) is 4.28. The van der Waals surface area contributed by atoms with Crippen LogP contribution in [0, 0.1) is 0 Å². The highest BCUT2D eigenvalue weighted by Crippen LogP contribution is 2.37. The highest BCUT2D eigenvalue weighted by molar-refractivity contribution is 6.74. The molecule has 0 aliphatic carbocycles. The third-order valence-corrected chi connectivity index (χ3v) is 10.4. The van der Waals surface area contributed by atoms with Gasteiger partial charge in [-0.15, -0.1) is 0 Å². The van der Waals surface area contributed by atoms with E-state index in [-0.39, 0.29) is 11.1 Å². The molecule has 0 aromatic carbocycles. The number of methoxy groups -OCH3 is 1. The summed E-state index contributed by atoms with van der Waals surface area (Å²) in [5, 5.41) is 1.13. The molecule has 8 heteroatoms. The van der Waals surface area contributed by atoms with Gasteiger partial charge in [-0.1, -0.05) is 20.8 Å². The molecule has 31 heavy (non-hydrogen) atoms. The van der Waals surface area contributed by atoms with E-state index in [1.807, 2.05) is 18.2 Å². The Labute approximate surface area is 186 Å². The average Bonchev–Trinajstić information content (AvgIpc) is 2.72. The SMILES string of the molecule is COC(=O)C(N)CCOC[C@H](CCc1ccc2cccnc2n1)O[Si](C)(C)C(C)(C)C. The first-order valence-corrected chi connectivity index (χ1v) is 13.7. The molecule has 2 heterocycles. The summed E-state index contributed by atoms with van der Waals surface area (Å²) >= 11 is 0. The molecule has 0 aliphatic heterocycles. The minimum absolute atomic E-state index is 0.0588. The Morgan fingerprint density at radius 2 is 1.94 bits per heavy atom. The van der Waals surface area contributed by atoms with Crippen molar-refractivity contribution < 1.29 is 18.7 Å². The standard InChI is InChI=1S/C23H37N3O4Si/c1-23(2,3)31(5,6)30-19(16-29-15-13-20(24)22(27)28-4)12-11-18-10-9-17-8-7-14-25-21(17)26-18/h7-10,14,19-20H,11-13,15-16,24H2,1-6H3/t19-,20?/m0/s1. The van der Waals surface area contributed by atoms with Crippen LogP contribution in [-0.4, -0.2) is 56.7 Å². The molecule has 0 saturated heterocycles. The monoisotopic (exact) mass is 447 g/mol. The molecule has 7 nitrogen and oxygen atoms in total. The quantitative estimate of drug-likeness (QED) is 0.317. The van der Waals surface area contributed by atoms with Gasteiger partial charge in [0.05, 0.1) is 19.8 Å². The maximum atomic E-state index is 11.5. The van der Waals surface area contributed by atoms with Gasteiger partial charge in [0.1, 0.15) is 6.04 Å². The molecular formula is C23H37N3O4Si. The summed E-state index contributed by atoms with van der Waals surface area (Å²) in [5.41, 5.74) is 7.54. The van der Waals surface area contributed by atoms with Crippen LogP contribution >= 0.6 is 0 Å². The van der Waals surface area contributed by atoms with E-state index in [0.717, 1.165) is 29.6 Å². The summed E-state index contributed by atoms with van der Waals surface area (Å²) in [6.07, 6.45) is 3.68. The number of nitrogens with two attached hydrogens (primary N) is 1. The molecule has 0 spiro atoms. The summed E-state index contributed by atoms with van der Waals surface area (Å²) in [4.78, 5) is 20.5. The third kappa shape index (κ3) is 7.64. The zero-order valence-electron chi connectivity index (χ0n) is 19.7. The third-order valence-electron chi connectivity index (χ3n) is 5.89. The van der Waals surface area contributed by atoms with E-state index in [1.165, 1.54) is 7.11 Å². The molecule has 2 rings (SSSR count). The first kappa shape index (κ1) is 25.4. The van der Waals surface area contributed by atoms with Crippen molar-refractivity contribution in [3.05, 3.63) is 36.2 Å². The molecule has 2 atom stereocenters. The minimum atomic E-state index is -1.97. The van der Waals surface area contributed by atoms with Crippen molar-refractivity contribution in [2.75, 3.05) is 20.3 Å². The number of rotatable bonds is 11. The molecule has 172 valence electrons. The van der Waals surface area contributed by atoms with Crippen molar-refractivity contribution in [2.45, 2.75) is 70.3 Å². The Morgan fingerprint density at radius 3 is 2.61 bits per heavy atom. The predicted molar refractivity (Wildman–Crippen MR) is 125 cm³/mol. The molecule has 0 saturated carbocycles. The second kappa shape index (κ2) is 11.1. The van der Waals surface area contributed by atoms with E-state index in [9.17, 15) is 4.79 Å². The van der Waals surface area contributed by atoms with E-state index < -0.39 is 20.3 Å². The predicted octanol–water partition coefficient (Wildman–Crippen LogP) is 3.86. The average molecular weight is 448 g/mol. The Bertz CT molecular complexity index is 854. The van der Waals surface area contributed by atoms with Gasteiger partial charge in [0.2, 0.25) is 0 Å². The van der Waals surface area contributed by atoms with Gasteiger partial charge >= 0.3 is 5.97 Å². The number of hydrogen-bond donors (Lipinski definition) is 1. The Morgan fingerprint density at radius 1 is 1.19 bits per heavy atom. The number of ether oxygens (including phenoxy) is 2. The summed E-state index contributed by atoms with van der Waals surface area (Å²) in [6.45, 7) is 12.0. The maximum Gasteiger partial charge on any atom is 0.322 e. The van der Waals surface area contributed by atoms with Crippen LogP contribution in [0.2, 0.25) is 18.1 Å². The molecule has 2 aromatic heterocycles. The zero-order valence-corrected chi connectivity index (χ0v) is 20.7. The summed E-state index contributed by atoms with van der Waals surface area (Å²) in [6, 6.07) is 7.35. The molecule has 0 bridgehead atoms. The summed E-state index contributed by atoms with van der Waals surface area (Å²) < 4.78 is 17.2. The lowest BCUT2D eigenvalue weighted by atomic mass is 10.1. The number of aromatic nitrogens is 2. The highest BCUT2D eigenvalue weighted by atomic mass is 28.4. The van der Waals surface area contributed by atoms with Crippen molar-refractivity contribution in [3.8, 4) is 0 Å². The van der Waals surface area contributed by atoms with E-state index >= 15 is 0 Å². The lowest BCUT2D eigenvalue weighted by molar-refractivity contribution is -0.142. The first-order valence-electron chi connectivity index (χ1n) is 10.8. The molecule has 2 N–H and O–H groups in total. The number of nitrogens with zero attached hydrogens (tertiary/aromatic N) is 2. The summed E-state index contributed by atoms with van der Waals surface area (Å²) in [5.74, 6) is -0.423. The van der Waals surface area contributed by atoms with Crippen LogP contribution in [0.1, 0.15) is 39.3 Å². The Hall–Kier alpha value is -1.87. The van der Waals surface area contributed by atoms with Gasteiger partial charge in [-0.25, -0.2) is 9.97 Å². The number of fused-ring (bicyclic) bond motifs is 1. The topological polar surface area (TPSA) is 96.6 Å². The number of aryl methyl sites for hydroxylation is 1.